The van der Waals surface area contributed by atoms with Gasteiger partial charge >= 0.3 is 0 Å². The van der Waals surface area contributed by atoms with Crippen molar-refractivity contribution in [3.05, 3.63) is 72.3 Å². The second kappa shape index (κ2) is 8.28. The minimum absolute atomic E-state index is 0.113. The van der Waals surface area contributed by atoms with E-state index in [0.717, 1.165) is 29.3 Å². The smallest absolute Gasteiger partial charge is 0.283 e. The van der Waals surface area contributed by atoms with Crippen molar-refractivity contribution in [2.24, 2.45) is 4.40 Å². The number of carbonyl (C=O) groups is 1. The molecule has 0 radical (unpaired) electrons. The molecule has 3 aromatic carbocycles. The quantitative estimate of drug-likeness (QED) is 0.679. The summed E-state index contributed by atoms with van der Waals surface area (Å²) >= 11 is 0. The highest BCUT2D eigenvalue weighted by molar-refractivity contribution is 7.90. The summed E-state index contributed by atoms with van der Waals surface area (Å²) in [5.74, 6) is 0.428. The number of hydrogen-bond acceptors (Lipinski definition) is 3. The number of amidine groups is 1. The normalized spacial score (nSPS) is 15.6. The van der Waals surface area contributed by atoms with Crippen LogP contribution in [0.1, 0.15) is 18.4 Å². The zero-order valence-electron chi connectivity index (χ0n) is 16.7. The van der Waals surface area contributed by atoms with Gasteiger partial charge in [-0.3, -0.25) is 4.79 Å². The van der Waals surface area contributed by atoms with Crippen molar-refractivity contribution < 1.29 is 13.2 Å². The minimum Gasteiger partial charge on any atom is -0.362 e. The Labute approximate surface area is 176 Å². The molecule has 1 N–H and O–H groups in total. The molecule has 1 amide bonds. The van der Waals surface area contributed by atoms with Crippen LogP contribution in [0.2, 0.25) is 0 Å². The fourth-order valence-electron chi connectivity index (χ4n) is 3.64. The van der Waals surface area contributed by atoms with Gasteiger partial charge in [0.15, 0.2) is 0 Å². The molecule has 0 bridgehead atoms. The van der Waals surface area contributed by atoms with Gasteiger partial charge in [-0.05, 0) is 47.0 Å². The fourth-order valence-corrected chi connectivity index (χ4v) is 4.73. The number of nitrogens with zero attached hydrogens (tertiary/aromatic N) is 2. The van der Waals surface area contributed by atoms with E-state index in [9.17, 15) is 13.2 Å². The molecule has 1 heterocycles. The first kappa shape index (κ1) is 20.1. The third-order valence-electron chi connectivity index (χ3n) is 5.23. The number of hydrogen-bond donors (Lipinski definition) is 1. The molecule has 6 nitrogen and oxygen atoms in total. The van der Waals surface area contributed by atoms with E-state index >= 15 is 0 Å². The Hall–Kier alpha value is -3.19. The zero-order valence-corrected chi connectivity index (χ0v) is 17.5. The molecule has 1 aliphatic rings. The van der Waals surface area contributed by atoms with E-state index in [1.165, 1.54) is 12.1 Å². The molecule has 0 aliphatic carbocycles. The van der Waals surface area contributed by atoms with Gasteiger partial charge in [-0.2, -0.15) is 8.42 Å². The maximum Gasteiger partial charge on any atom is 0.283 e. The second-order valence-corrected chi connectivity index (χ2v) is 9.00. The lowest BCUT2D eigenvalue weighted by molar-refractivity contribution is -0.115. The van der Waals surface area contributed by atoms with Gasteiger partial charge in [-0.15, -0.1) is 4.40 Å². The lowest BCUT2D eigenvalue weighted by Crippen LogP contribution is -2.20. The van der Waals surface area contributed by atoms with E-state index in [0.29, 0.717) is 17.9 Å². The molecular formula is C23H23N3O3S. The number of likely N-dealkylation sites (tertiary alicyclic amines) is 1. The van der Waals surface area contributed by atoms with Crippen molar-refractivity contribution in [1.29, 1.82) is 0 Å². The van der Waals surface area contributed by atoms with Gasteiger partial charge in [0.05, 0.1) is 11.3 Å². The number of benzene rings is 3. The number of amides is 1. The third kappa shape index (κ3) is 4.36. The van der Waals surface area contributed by atoms with E-state index in [-0.39, 0.29) is 17.2 Å². The highest BCUT2D eigenvalue weighted by Gasteiger charge is 2.20. The summed E-state index contributed by atoms with van der Waals surface area (Å²) in [4.78, 5) is 14.5. The average Bonchev–Trinajstić information content (AvgIpc) is 3.12. The first-order valence-electron chi connectivity index (χ1n) is 9.84. The van der Waals surface area contributed by atoms with E-state index in [1.54, 1.807) is 12.1 Å². The van der Waals surface area contributed by atoms with Gasteiger partial charge < -0.3 is 10.2 Å². The highest BCUT2D eigenvalue weighted by atomic mass is 32.2. The molecule has 3 aromatic rings. The second-order valence-electron chi connectivity index (χ2n) is 7.40. The van der Waals surface area contributed by atoms with Gasteiger partial charge in [0, 0.05) is 25.7 Å². The van der Waals surface area contributed by atoms with E-state index in [2.05, 4.69) is 9.71 Å². The maximum absolute atomic E-state index is 12.5. The zero-order chi connectivity index (χ0) is 21.1. The predicted molar refractivity (Wildman–Crippen MR) is 119 cm³/mol. The molecule has 1 saturated heterocycles. The molecule has 0 saturated carbocycles. The monoisotopic (exact) mass is 421 g/mol. The molecule has 0 spiro atoms. The lowest BCUT2D eigenvalue weighted by atomic mass is 10.0. The van der Waals surface area contributed by atoms with Gasteiger partial charge in [0.25, 0.3) is 10.0 Å². The van der Waals surface area contributed by atoms with Crippen molar-refractivity contribution in [3.63, 3.8) is 0 Å². The SMILES string of the molecule is CN1CCC/C1=N\S(=O)(=O)c1ccc(NC(=O)Cc2cccc3ccccc23)cc1. The molecular weight excluding hydrogens is 398 g/mol. The van der Waals surface area contributed by atoms with Crippen LogP contribution in [0.5, 0.6) is 0 Å². The largest absolute Gasteiger partial charge is 0.362 e. The highest BCUT2D eigenvalue weighted by Crippen LogP contribution is 2.21. The predicted octanol–water partition coefficient (Wildman–Crippen LogP) is 3.83. The first-order valence-corrected chi connectivity index (χ1v) is 11.3. The Morgan fingerprint density at radius 2 is 1.77 bits per heavy atom. The van der Waals surface area contributed by atoms with Crippen molar-refractivity contribution in [2.75, 3.05) is 18.9 Å². The molecule has 1 fully saturated rings. The molecule has 1 aliphatic heterocycles. The number of carbonyl (C=O) groups excluding carboxylic acids is 1. The summed E-state index contributed by atoms with van der Waals surface area (Å²) < 4.78 is 29.0. The standard InChI is InChI=1S/C23H23N3O3S/c1-26-15-5-10-22(26)25-30(28,29)20-13-11-19(12-14-20)24-23(27)16-18-8-4-7-17-6-2-3-9-21(17)18/h2-4,6-9,11-14H,5,10,15-16H2,1H3,(H,24,27)/b25-22+. The summed E-state index contributed by atoms with van der Waals surface area (Å²) in [7, 11) is -1.92. The van der Waals surface area contributed by atoms with Gasteiger partial charge in [-0.1, -0.05) is 42.5 Å². The molecule has 4 rings (SSSR count). The molecule has 30 heavy (non-hydrogen) atoms. The Kier molecular flexibility index (Phi) is 5.55. The van der Waals surface area contributed by atoms with Gasteiger partial charge in [-0.25, -0.2) is 0 Å². The van der Waals surface area contributed by atoms with Gasteiger partial charge in [0.1, 0.15) is 5.84 Å². The van der Waals surface area contributed by atoms with Crippen LogP contribution >= 0.6 is 0 Å². The average molecular weight is 422 g/mol. The van der Waals surface area contributed by atoms with E-state index in [1.807, 2.05) is 54.4 Å². The van der Waals surface area contributed by atoms with Crippen LogP contribution in [0, 0.1) is 0 Å². The molecule has 7 heteroatoms. The summed E-state index contributed by atoms with van der Waals surface area (Å²) in [6.45, 7) is 0.815. The van der Waals surface area contributed by atoms with Crippen LogP contribution in [0.15, 0.2) is 76.0 Å². The van der Waals surface area contributed by atoms with Crippen LogP contribution < -0.4 is 5.32 Å². The topological polar surface area (TPSA) is 78.8 Å². The summed E-state index contributed by atoms with van der Waals surface area (Å²) in [5.41, 5.74) is 1.49. The van der Waals surface area contributed by atoms with E-state index < -0.39 is 10.0 Å². The number of anilines is 1. The summed E-state index contributed by atoms with van der Waals surface area (Å²) in [6, 6.07) is 20.0. The van der Waals surface area contributed by atoms with Crippen LogP contribution in [-0.4, -0.2) is 38.7 Å². The third-order valence-corrected chi connectivity index (χ3v) is 6.55. The lowest BCUT2D eigenvalue weighted by Gasteiger charge is -2.11. The molecule has 0 unspecified atom stereocenters. The molecule has 154 valence electrons. The number of sulfonamides is 1. The van der Waals surface area contributed by atoms with Crippen LogP contribution in [0.3, 0.4) is 0 Å². The summed E-state index contributed by atoms with van der Waals surface area (Å²) in [6.07, 6.45) is 1.81. The Balaban J connectivity index is 1.46. The number of fused-ring (bicyclic) bond motifs is 1. The minimum atomic E-state index is -3.76. The Morgan fingerprint density at radius 3 is 2.50 bits per heavy atom. The van der Waals surface area contributed by atoms with Crippen LogP contribution in [0.25, 0.3) is 10.8 Å². The van der Waals surface area contributed by atoms with Crippen molar-refractivity contribution in [3.8, 4) is 0 Å². The number of rotatable bonds is 5. The molecule has 0 aromatic heterocycles. The Bertz CT molecular complexity index is 1210. The Morgan fingerprint density at radius 1 is 1.03 bits per heavy atom. The fraction of sp³-hybridized carbons (Fsp3) is 0.217. The maximum atomic E-state index is 12.5. The van der Waals surface area contributed by atoms with Crippen molar-refractivity contribution in [2.45, 2.75) is 24.2 Å². The first-order chi connectivity index (χ1) is 14.4. The van der Waals surface area contributed by atoms with Crippen LogP contribution in [0.4, 0.5) is 5.69 Å². The van der Waals surface area contributed by atoms with Gasteiger partial charge in [0.2, 0.25) is 5.91 Å². The van der Waals surface area contributed by atoms with Crippen molar-refractivity contribution in [1.82, 2.24) is 4.90 Å². The summed E-state index contributed by atoms with van der Waals surface area (Å²) in [5, 5.41) is 4.97. The van der Waals surface area contributed by atoms with Crippen LogP contribution in [-0.2, 0) is 21.2 Å². The molecule has 0 atom stereocenters. The van der Waals surface area contributed by atoms with E-state index in [4.69, 9.17) is 0 Å². The van der Waals surface area contributed by atoms with Crippen molar-refractivity contribution >= 4 is 38.2 Å². The number of nitrogens with one attached hydrogen (secondary N) is 1.